The molecule has 3 rings (SSSR count). The third kappa shape index (κ3) is 4.51. The Labute approximate surface area is 167 Å². The van der Waals surface area contributed by atoms with E-state index in [4.69, 9.17) is 4.55 Å². The van der Waals surface area contributed by atoms with Gasteiger partial charge in [0.25, 0.3) is 10.1 Å². The fourth-order valence-corrected chi connectivity index (χ4v) is 4.18. The van der Waals surface area contributed by atoms with Crippen LogP contribution >= 0.6 is 0 Å². The SMILES string of the molecule is Cc1ccc2c(c1)C(C)(C)C(/C=C/Nc1ccccc1)=[N+]2CCCS(=O)(=O)O. The predicted octanol–water partition coefficient (Wildman–Crippen LogP) is 4.27. The van der Waals surface area contributed by atoms with Crippen LogP contribution in [0.5, 0.6) is 0 Å². The molecule has 6 heteroatoms. The first kappa shape index (κ1) is 20.3. The zero-order chi connectivity index (χ0) is 20.4. The Morgan fingerprint density at radius 1 is 1.14 bits per heavy atom. The maximum atomic E-state index is 11.1. The summed E-state index contributed by atoms with van der Waals surface area (Å²) in [6, 6.07) is 16.3. The Balaban J connectivity index is 1.93. The summed E-state index contributed by atoms with van der Waals surface area (Å²) in [4.78, 5) is 0. The molecule has 0 aromatic heterocycles. The molecule has 0 saturated heterocycles. The Hall–Kier alpha value is -2.44. The molecular formula is C22H27N2O3S+. The molecule has 0 unspecified atom stereocenters. The summed E-state index contributed by atoms with van der Waals surface area (Å²) in [5.41, 5.74) is 5.38. The molecule has 1 aliphatic heterocycles. The van der Waals surface area contributed by atoms with Gasteiger partial charge in [-0.2, -0.15) is 13.0 Å². The third-order valence-electron chi connectivity index (χ3n) is 5.10. The van der Waals surface area contributed by atoms with Crippen molar-refractivity contribution < 1.29 is 17.5 Å². The molecule has 1 heterocycles. The van der Waals surface area contributed by atoms with Gasteiger partial charge in [0.15, 0.2) is 5.71 Å². The van der Waals surface area contributed by atoms with Crippen LogP contribution in [0.2, 0.25) is 0 Å². The van der Waals surface area contributed by atoms with Gasteiger partial charge in [0, 0.05) is 36.0 Å². The number of hydrogen-bond acceptors (Lipinski definition) is 3. The highest BCUT2D eigenvalue weighted by Crippen LogP contribution is 2.40. The zero-order valence-electron chi connectivity index (χ0n) is 16.5. The highest BCUT2D eigenvalue weighted by Gasteiger charge is 2.44. The van der Waals surface area contributed by atoms with Gasteiger partial charge in [-0.15, -0.1) is 0 Å². The van der Waals surface area contributed by atoms with Crippen molar-refractivity contribution in [2.24, 2.45) is 0 Å². The minimum absolute atomic E-state index is 0.214. The van der Waals surface area contributed by atoms with Gasteiger partial charge >= 0.3 is 0 Å². The van der Waals surface area contributed by atoms with E-state index >= 15 is 0 Å². The molecule has 0 aliphatic carbocycles. The summed E-state index contributed by atoms with van der Waals surface area (Å²) in [5, 5.41) is 3.28. The van der Waals surface area contributed by atoms with Crippen molar-refractivity contribution in [2.45, 2.75) is 32.6 Å². The highest BCUT2D eigenvalue weighted by atomic mass is 32.2. The highest BCUT2D eigenvalue weighted by molar-refractivity contribution is 7.85. The topological polar surface area (TPSA) is 69.4 Å². The number of fused-ring (bicyclic) bond motifs is 1. The molecule has 0 radical (unpaired) electrons. The standard InChI is InChI=1S/C22H26N2O3S/c1-17-10-11-20-19(16-17)22(2,3)21(24(20)14-7-15-28(25,26)27)12-13-23-18-8-5-4-6-9-18/h4-6,8-13,16H,7,14-15H2,1-3H3,(H,25,26,27)/p+1. The first-order valence-electron chi connectivity index (χ1n) is 9.38. The third-order valence-corrected chi connectivity index (χ3v) is 5.90. The number of nitrogens with zero attached hydrogens (tertiary/aromatic N) is 1. The van der Waals surface area contributed by atoms with Crippen LogP contribution in [0.1, 0.15) is 31.4 Å². The summed E-state index contributed by atoms with van der Waals surface area (Å²) in [5.74, 6) is -0.246. The maximum Gasteiger partial charge on any atom is 0.265 e. The zero-order valence-corrected chi connectivity index (χ0v) is 17.3. The number of rotatable bonds is 7. The number of allylic oxidation sites excluding steroid dienone is 1. The lowest BCUT2D eigenvalue weighted by molar-refractivity contribution is -0.437. The minimum Gasteiger partial charge on any atom is -0.361 e. The van der Waals surface area contributed by atoms with Crippen LogP contribution in [-0.4, -0.2) is 35.6 Å². The van der Waals surface area contributed by atoms with Gasteiger partial charge in [-0.05, 0) is 39.0 Å². The normalized spacial score (nSPS) is 15.9. The molecule has 0 amide bonds. The fourth-order valence-electron chi connectivity index (χ4n) is 3.69. The van der Waals surface area contributed by atoms with Crippen molar-refractivity contribution in [3.05, 3.63) is 71.9 Å². The Morgan fingerprint density at radius 3 is 2.54 bits per heavy atom. The van der Waals surface area contributed by atoms with Gasteiger partial charge in [-0.3, -0.25) is 4.55 Å². The monoisotopic (exact) mass is 399 g/mol. The molecule has 2 aromatic carbocycles. The number of hydrogen-bond donors (Lipinski definition) is 2. The van der Waals surface area contributed by atoms with Crippen molar-refractivity contribution in [1.82, 2.24) is 0 Å². The van der Waals surface area contributed by atoms with Crippen molar-refractivity contribution in [2.75, 3.05) is 17.6 Å². The molecule has 2 N–H and O–H groups in total. The van der Waals surface area contributed by atoms with Crippen molar-refractivity contribution >= 4 is 27.2 Å². The average Bonchev–Trinajstić information content (AvgIpc) is 2.82. The summed E-state index contributed by atoms with van der Waals surface area (Å²) in [7, 11) is -3.97. The lowest BCUT2D eigenvalue weighted by Gasteiger charge is -2.16. The lowest BCUT2D eigenvalue weighted by atomic mass is 9.81. The van der Waals surface area contributed by atoms with E-state index in [-0.39, 0.29) is 11.2 Å². The molecule has 0 saturated carbocycles. The van der Waals surface area contributed by atoms with Gasteiger partial charge in [-0.1, -0.05) is 29.8 Å². The molecule has 0 spiro atoms. The maximum absolute atomic E-state index is 11.1. The summed E-state index contributed by atoms with van der Waals surface area (Å²) in [6.07, 6.45) is 4.32. The van der Waals surface area contributed by atoms with Gasteiger partial charge in [0.1, 0.15) is 6.54 Å². The summed E-state index contributed by atoms with van der Waals surface area (Å²) < 4.78 is 33.5. The quantitative estimate of drug-likeness (QED) is 0.539. The number of aryl methyl sites for hydroxylation is 1. The van der Waals surface area contributed by atoms with E-state index in [0.29, 0.717) is 13.0 Å². The van der Waals surface area contributed by atoms with Gasteiger partial charge in [0.05, 0.1) is 11.2 Å². The fraction of sp³-hybridized carbons (Fsp3) is 0.318. The van der Waals surface area contributed by atoms with Gasteiger partial charge < -0.3 is 5.32 Å². The van der Waals surface area contributed by atoms with Crippen LogP contribution in [0.3, 0.4) is 0 Å². The summed E-state index contributed by atoms with van der Waals surface area (Å²) >= 11 is 0. The van der Waals surface area contributed by atoms with Crippen LogP contribution in [0.25, 0.3) is 0 Å². The lowest BCUT2D eigenvalue weighted by Crippen LogP contribution is -2.28. The molecule has 148 valence electrons. The molecule has 0 fully saturated rings. The number of benzene rings is 2. The summed E-state index contributed by atoms with van der Waals surface area (Å²) in [6.45, 7) is 6.95. The van der Waals surface area contributed by atoms with Crippen LogP contribution < -0.4 is 5.32 Å². The average molecular weight is 400 g/mol. The molecular weight excluding hydrogens is 372 g/mol. The van der Waals surface area contributed by atoms with Crippen LogP contribution in [0, 0.1) is 6.92 Å². The molecule has 28 heavy (non-hydrogen) atoms. The molecule has 5 nitrogen and oxygen atoms in total. The largest absolute Gasteiger partial charge is 0.361 e. The van der Waals surface area contributed by atoms with Crippen molar-refractivity contribution in [3.63, 3.8) is 0 Å². The molecule has 0 bridgehead atoms. The Morgan fingerprint density at radius 2 is 1.86 bits per heavy atom. The van der Waals surface area contributed by atoms with Crippen LogP contribution in [0.4, 0.5) is 11.4 Å². The van der Waals surface area contributed by atoms with Crippen molar-refractivity contribution in [1.29, 1.82) is 0 Å². The smallest absolute Gasteiger partial charge is 0.265 e. The van der Waals surface area contributed by atoms with Crippen LogP contribution in [-0.2, 0) is 15.5 Å². The second-order valence-electron chi connectivity index (χ2n) is 7.67. The molecule has 1 aliphatic rings. The predicted molar refractivity (Wildman–Crippen MR) is 114 cm³/mol. The Kier molecular flexibility index (Phi) is 5.72. The van der Waals surface area contributed by atoms with Crippen molar-refractivity contribution in [3.8, 4) is 0 Å². The second-order valence-corrected chi connectivity index (χ2v) is 9.24. The number of para-hydroxylation sites is 1. The van der Waals surface area contributed by atoms with Crippen LogP contribution in [0.15, 0.2) is 60.8 Å². The van der Waals surface area contributed by atoms with Gasteiger partial charge in [-0.25, -0.2) is 0 Å². The number of anilines is 1. The first-order chi connectivity index (χ1) is 13.2. The molecule has 0 atom stereocenters. The van der Waals surface area contributed by atoms with E-state index in [9.17, 15) is 8.42 Å². The van der Waals surface area contributed by atoms with E-state index < -0.39 is 10.1 Å². The van der Waals surface area contributed by atoms with E-state index in [1.54, 1.807) is 0 Å². The van der Waals surface area contributed by atoms with E-state index in [1.165, 1.54) is 11.1 Å². The first-order valence-corrected chi connectivity index (χ1v) is 11.0. The Bertz CT molecular complexity index is 1020. The minimum atomic E-state index is -3.97. The van der Waals surface area contributed by atoms with E-state index in [1.807, 2.05) is 36.5 Å². The molecule has 2 aromatic rings. The van der Waals surface area contributed by atoms with E-state index in [2.05, 4.69) is 54.9 Å². The number of nitrogens with one attached hydrogen (secondary N) is 1. The van der Waals surface area contributed by atoms with Gasteiger partial charge in [0.2, 0.25) is 5.69 Å². The second kappa shape index (κ2) is 7.89. The van der Waals surface area contributed by atoms with E-state index in [0.717, 1.165) is 17.1 Å².